The number of benzene rings is 2. The Bertz CT molecular complexity index is 984. The van der Waals surface area contributed by atoms with Gasteiger partial charge in [0.15, 0.2) is 0 Å². The molecule has 2 aromatic rings. The molecule has 0 spiro atoms. The van der Waals surface area contributed by atoms with Crippen LogP contribution in [0.1, 0.15) is 5.56 Å². The Morgan fingerprint density at radius 1 is 1.11 bits per heavy atom. The fourth-order valence-corrected chi connectivity index (χ4v) is 4.26. The highest BCUT2D eigenvalue weighted by Crippen LogP contribution is 2.35. The van der Waals surface area contributed by atoms with Crippen LogP contribution < -0.4 is 15.0 Å². The lowest BCUT2D eigenvalue weighted by atomic mass is 10.1. The maximum absolute atomic E-state index is 12.8. The van der Waals surface area contributed by atoms with Crippen molar-refractivity contribution in [2.24, 2.45) is 0 Å². The van der Waals surface area contributed by atoms with Crippen molar-refractivity contribution in [2.75, 3.05) is 12.0 Å². The Kier molecular flexibility index (Phi) is 5.69. The molecule has 27 heavy (non-hydrogen) atoms. The predicted octanol–water partition coefficient (Wildman–Crippen LogP) is 4.54. The molecule has 0 bridgehead atoms. The first-order valence-corrected chi connectivity index (χ1v) is 9.48. The number of amides is 4. The van der Waals surface area contributed by atoms with Gasteiger partial charge in [-0.3, -0.25) is 14.9 Å². The summed E-state index contributed by atoms with van der Waals surface area (Å²) in [6.45, 7) is 0. The van der Waals surface area contributed by atoms with Crippen LogP contribution in [0.3, 0.4) is 0 Å². The van der Waals surface area contributed by atoms with Gasteiger partial charge in [-0.25, -0.2) is 9.69 Å². The third kappa shape index (κ3) is 3.92. The Balaban J connectivity index is 2.04. The molecular formula is C18H11Br2ClN2O4. The summed E-state index contributed by atoms with van der Waals surface area (Å²) in [5.74, 6) is -0.937. The first kappa shape index (κ1) is 19.6. The SMILES string of the molecule is COc1c(Br)cc(/C=C2\C(=O)NC(=O)N(c3cccc(Cl)c3)C2=O)cc1Br. The number of ether oxygens (including phenoxy) is 1. The number of barbiturate groups is 1. The van der Waals surface area contributed by atoms with Crippen molar-refractivity contribution in [3.05, 3.63) is 61.5 Å². The summed E-state index contributed by atoms with van der Waals surface area (Å²) in [6.07, 6.45) is 1.40. The summed E-state index contributed by atoms with van der Waals surface area (Å²) in [5.41, 5.74) is 0.646. The van der Waals surface area contributed by atoms with Crippen LogP contribution in [0, 0.1) is 0 Å². The molecule has 3 rings (SSSR count). The number of rotatable bonds is 3. The molecule has 0 saturated carbocycles. The van der Waals surface area contributed by atoms with E-state index in [0.29, 0.717) is 25.3 Å². The number of halogens is 3. The van der Waals surface area contributed by atoms with E-state index >= 15 is 0 Å². The van der Waals surface area contributed by atoms with Crippen molar-refractivity contribution in [1.82, 2.24) is 5.32 Å². The van der Waals surface area contributed by atoms with Crippen LogP contribution in [0.5, 0.6) is 5.75 Å². The smallest absolute Gasteiger partial charge is 0.335 e. The number of methoxy groups -OCH3 is 1. The number of nitrogens with one attached hydrogen (secondary N) is 1. The normalized spacial score (nSPS) is 15.9. The zero-order valence-electron chi connectivity index (χ0n) is 13.8. The standard InChI is InChI=1S/C18H11Br2ClN2O4/c1-27-15-13(19)6-9(7-14(15)20)5-12-16(24)22-18(26)23(17(12)25)11-4-2-3-10(21)8-11/h2-8H,1H3,(H,22,24,26)/b12-5+. The molecule has 138 valence electrons. The lowest BCUT2D eigenvalue weighted by Gasteiger charge is -2.26. The molecule has 0 aliphatic carbocycles. The number of carbonyl (C=O) groups is 3. The molecule has 2 aromatic carbocycles. The van der Waals surface area contributed by atoms with Gasteiger partial charge in [-0.2, -0.15) is 0 Å². The van der Waals surface area contributed by atoms with Gasteiger partial charge < -0.3 is 4.74 Å². The van der Waals surface area contributed by atoms with Crippen LogP contribution >= 0.6 is 43.5 Å². The number of hydrogen-bond donors (Lipinski definition) is 1. The number of carbonyl (C=O) groups excluding carboxylic acids is 3. The Morgan fingerprint density at radius 2 is 1.78 bits per heavy atom. The molecule has 0 atom stereocenters. The van der Waals surface area contributed by atoms with Gasteiger partial charge in [-0.05, 0) is 73.8 Å². The lowest BCUT2D eigenvalue weighted by Crippen LogP contribution is -2.54. The number of anilines is 1. The minimum absolute atomic E-state index is 0.182. The number of hydrogen-bond acceptors (Lipinski definition) is 4. The average Bonchev–Trinajstić information content (AvgIpc) is 2.58. The number of imide groups is 2. The van der Waals surface area contributed by atoms with Crippen molar-refractivity contribution >= 4 is 73.1 Å². The monoisotopic (exact) mass is 512 g/mol. The van der Waals surface area contributed by atoms with Crippen LogP contribution in [0.15, 0.2) is 50.9 Å². The molecule has 0 unspecified atom stereocenters. The maximum Gasteiger partial charge on any atom is 0.335 e. The first-order valence-electron chi connectivity index (χ1n) is 7.52. The third-order valence-electron chi connectivity index (χ3n) is 3.70. The quantitative estimate of drug-likeness (QED) is 0.482. The lowest BCUT2D eigenvalue weighted by molar-refractivity contribution is -0.122. The van der Waals surface area contributed by atoms with E-state index in [1.807, 2.05) is 0 Å². The van der Waals surface area contributed by atoms with Gasteiger partial charge in [0.2, 0.25) is 0 Å². The molecule has 4 amide bonds. The van der Waals surface area contributed by atoms with Gasteiger partial charge >= 0.3 is 6.03 Å². The molecule has 1 heterocycles. The molecule has 1 N–H and O–H groups in total. The minimum Gasteiger partial charge on any atom is -0.494 e. The summed E-state index contributed by atoms with van der Waals surface area (Å²) < 4.78 is 6.51. The summed E-state index contributed by atoms with van der Waals surface area (Å²) in [4.78, 5) is 38.1. The fraction of sp³-hybridized carbons (Fsp3) is 0.0556. The second-order valence-electron chi connectivity index (χ2n) is 5.46. The Hall–Kier alpha value is -2.16. The van der Waals surface area contributed by atoms with Gasteiger partial charge in [0.25, 0.3) is 11.8 Å². The summed E-state index contributed by atoms with van der Waals surface area (Å²) >= 11 is 12.7. The van der Waals surface area contributed by atoms with E-state index in [-0.39, 0.29) is 11.3 Å². The Morgan fingerprint density at radius 3 is 2.37 bits per heavy atom. The maximum atomic E-state index is 12.8. The summed E-state index contributed by atoms with van der Waals surface area (Å²) in [5, 5.41) is 2.53. The fourth-order valence-electron chi connectivity index (χ4n) is 2.53. The van der Waals surface area contributed by atoms with Gasteiger partial charge in [0, 0.05) is 5.02 Å². The van der Waals surface area contributed by atoms with E-state index < -0.39 is 17.8 Å². The molecule has 9 heteroatoms. The highest BCUT2D eigenvalue weighted by Gasteiger charge is 2.36. The molecule has 0 radical (unpaired) electrons. The molecule has 1 aliphatic heterocycles. The Labute approximate surface area is 176 Å². The molecule has 1 aliphatic rings. The first-order chi connectivity index (χ1) is 12.8. The second kappa shape index (κ2) is 7.84. The summed E-state index contributed by atoms with van der Waals surface area (Å²) in [7, 11) is 1.52. The second-order valence-corrected chi connectivity index (χ2v) is 7.60. The van der Waals surface area contributed by atoms with Crippen LogP contribution in [0.2, 0.25) is 5.02 Å². The molecule has 1 fully saturated rings. The topological polar surface area (TPSA) is 75.7 Å². The van der Waals surface area contributed by atoms with Crippen molar-refractivity contribution < 1.29 is 19.1 Å². The summed E-state index contributed by atoms with van der Waals surface area (Å²) in [6, 6.07) is 8.79. The molecule has 6 nitrogen and oxygen atoms in total. The minimum atomic E-state index is -0.832. The number of urea groups is 1. The van der Waals surface area contributed by atoms with E-state index in [2.05, 4.69) is 37.2 Å². The molecule has 1 saturated heterocycles. The molecule has 0 aromatic heterocycles. The van der Waals surface area contributed by atoms with E-state index in [9.17, 15) is 14.4 Å². The van der Waals surface area contributed by atoms with Crippen molar-refractivity contribution in [3.63, 3.8) is 0 Å². The van der Waals surface area contributed by atoms with Crippen molar-refractivity contribution in [1.29, 1.82) is 0 Å². The highest BCUT2D eigenvalue weighted by atomic mass is 79.9. The van der Waals surface area contributed by atoms with Crippen LogP contribution in [0.25, 0.3) is 6.08 Å². The number of nitrogens with zero attached hydrogens (tertiary/aromatic N) is 1. The largest absolute Gasteiger partial charge is 0.494 e. The zero-order chi connectivity index (χ0) is 19.7. The van der Waals surface area contributed by atoms with E-state index in [1.54, 1.807) is 30.3 Å². The van der Waals surface area contributed by atoms with E-state index in [4.69, 9.17) is 16.3 Å². The van der Waals surface area contributed by atoms with Crippen LogP contribution in [0.4, 0.5) is 10.5 Å². The third-order valence-corrected chi connectivity index (χ3v) is 5.12. The zero-order valence-corrected chi connectivity index (χ0v) is 17.7. The highest BCUT2D eigenvalue weighted by molar-refractivity contribution is 9.11. The van der Waals surface area contributed by atoms with E-state index in [0.717, 1.165) is 4.90 Å². The van der Waals surface area contributed by atoms with Crippen molar-refractivity contribution in [2.45, 2.75) is 0 Å². The van der Waals surface area contributed by atoms with Crippen LogP contribution in [-0.2, 0) is 9.59 Å². The van der Waals surface area contributed by atoms with Gasteiger partial charge in [-0.1, -0.05) is 17.7 Å². The molecular weight excluding hydrogens is 503 g/mol. The van der Waals surface area contributed by atoms with Gasteiger partial charge in [0.1, 0.15) is 11.3 Å². The van der Waals surface area contributed by atoms with Crippen LogP contribution in [-0.4, -0.2) is 25.0 Å². The van der Waals surface area contributed by atoms with E-state index in [1.165, 1.54) is 19.3 Å². The predicted molar refractivity (Wildman–Crippen MR) is 109 cm³/mol. The van der Waals surface area contributed by atoms with Gasteiger partial charge in [-0.15, -0.1) is 0 Å². The van der Waals surface area contributed by atoms with Crippen molar-refractivity contribution in [3.8, 4) is 5.75 Å². The average molecular weight is 515 g/mol. The van der Waals surface area contributed by atoms with Gasteiger partial charge in [0.05, 0.1) is 21.7 Å².